The van der Waals surface area contributed by atoms with Crippen LogP contribution in [0.4, 0.5) is 24.5 Å². The van der Waals surface area contributed by atoms with Gasteiger partial charge in [0.1, 0.15) is 0 Å². The van der Waals surface area contributed by atoms with E-state index in [4.69, 9.17) is 5.73 Å². The van der Waals surface area contributed by atoms with Crippen molar-refractivity contribution in [3.05, 3.63) is 21.8 Å². The first-order valence-electron chi connectivity index (χ1n) is 5.24. The predicted molar refractivity (Wildman–Crippen MR) is 72.0 cm³/mol. The van der Waals surface area contributed by atoms with E-state index in [-0.39, 0.29) is 6.42 Å². The van der Waals surface area contributed by atoms with E-state index in [0.29, 0.717) is 18.7 Å². The second-order valence-electron chi connectivity index (χ2n) is 3.74. The van der Waals surface area contributed by atoms with Gasteiger partial charge < -0.3 is 11.1 Å². The van der Waals surface area contributed by atoms with Crippen LogP contribution in [0.15, 0.2) is 18.2 Å². The van der Waals surface area contributed by atoms with E-state index in [0.717, 1.165) is 9.26 Å². The molecule has 17 heavy (non-hydrogen) atoms. The molecule has 0 aromatic heterocycles. The van der Waals surface area contributed by atoms with Gasteiger partial charge in [-0.05, 0) is 53.6 Å². The lowest BCUT2D eigenvalue weighted by molar-refractivity contribution is -0.135. The van der Waals surface area contributed by atoms with Crippen LogP contribution in [0, 0.1) is 3.57 Å². The van der Waals surface area contributed by atoms with Gasteiger partial charge in [-0.3, -0.25) is 0 Å². The molecule has 6 heteroatoms. The van der Waals surface area contributed by atoms with Crippen LogP contribution in [0.5, 0.6) is 0 Å². The fourth-order valence-corrected chi connectivity index (χ4v) is 2.08. The molecule has 96 valence electrons. The van der Waals surface area contributed by atoms with Crippen LogP contribution in [0.3, 0.4) is 0 Å². The molecule has 1 aromatic carbocycles. The van der Waals surface area contributed by atoms with Crippen molar-refractivity contribution in [2.75, 3.05) is 17.6 Å². The summed E-state index contributed by atoms with van der Waals surface area (Å²) in [6.45, 7) is 0.538. The zero-order chi connectivity index (χ0) is 12.9. The molecule has 2 nitrogen and oxygen atoms in total. The van der Waals surface area contributed by atoms with Gasteiger partial charge in [-0.1, -0.05) is 0 Å². The predicted octanol–water partition coefficient (Wildman–Crippen LogP) is 4.02. The molecule has 1 rings (SSSR count). The van der Waals surface area contributed by atoms with Crippen molar-refractivity contribution in [3.63, 3.8) is 0 Å². The van der Waals surface area contributed by atoms with Crippen LogP contribution >= 0.6 is 22.6 Å². The van der Waals surface area contributed by atoms with Crippen LogP contribution in [-0.4, -0.2) is 12.7 Å². The van der Waals surface area contributed by atoms with E-state index in [1.165, 1.54) is 0 Å². The minimum absolute atomic E-state index is 0.155. The molecule has 0 atom stereocenters. The third-order valence-electron chi connectivity index (χ3n) is 2.20. The molecule has 0 bridgehead atoms. The van der Waals surface area contributed by atoms with E-state index in [1.807, 2.05) is 12.1 Å². The van der Waals surface area contributed by atoms with Crippen molar-refractivity contribution < 1.29 is 13.2 Å². The van der Waals surface area contributed by atoms with Crippen molar-refractivity contribution >= 4 is 34.0 Å². The number of benzene rings is 1. The van der Waals surface area contributed by atoms with Gasteiger partial charge in [0.25, 0.3) is 0 Å². The zero-order valence-corrected chi connectivity index (χ0v) is 11.3. The van der Waals surface area contributed by atoms with Gasteiger partial charge >= 0.3 is 6.18 Å². The van der Waals surface area contributed by atoms with Crippen LogP contribution in [-0.2, 0) is 0 Å². The van der Waals surface area contributed by atoms with Crippen molar-refractivity contribution in [2.45, 2.75) is 25.4 Å². The van der Waals surface area contributed by atoms with Gasteiger partial charge in [-0.2, -0.15) is 13.2 Å². The summed E-state index contributed by atoms with van der Waals surface area (Å²) < 4.78 is 36.6. The van der Waals surface area contributed by atoms with Crippen LogP contribution in [0.1, 0.15) is 19.3 Å². The van der Waals surface area contributed by atoms with Crippen molar-refractivity contribution in [1.82, 2.24) is 0 Å². The van der Waals surface area contributed by atoms with Crippen LogP contribution in [0.25, 0.3) is 0 Å². The number of unbranched alkanes of at least 4 members (excludes halogenated alkanes) is 1. The summed E-state index contributed by atoms with van der Waals surface area (Å²) in [6.07, 6.45) is -4.11. The van der Waals surface area contributed by atoms with Crippen molar-refractivity contribution in [2.24, 2.45) is 0 Å². The second kappa shape index (κ2) is 6.32. The minimum Gasteiger partial charge on any atom is -0.399 e. The molecule has 0 aliphatic carbocycles. The lowest BCUT2D eigenvalue weighted by Gasteiger charge is -2.10. The van der Waals surface area contributed by atoms with Crippen molar-refractivity contribution in [3.8, 4) is 0 Å². The Morgan fingerprint density at radius 1 is 1.24 bits per heavy atom. The third-order valence-corrected chi connectivity index (χ3v) is 3.09. The fraction of sp³-hybridized carbons (Fsp3) is 0.455. The molecule has 3 N–H and O–H groups in total. The highest BCUT2D eigenvalue weighted by Gasteiger charge is 2.25. The number of halogens is 4. The Kier molecular flexibility index (Phi) is 5.35. The molecule has 0 unspecified atom stereocenters. The summed E-state index contributed by atoms with van der Waals surface area (Å²) >= 11 is 2.14. The lowest BCUT2D eigenvalue weighted by Crippen LogP contribution is -2.09. The maximum absolute atomic E-state index is 11.9. The average molecular weight is 358 g/mol. The van der Waals surface area contributed by atoms with Gasteiger partial charge in [0, 0.05) is 27.9 Å². The maximum atomic E-state index is 11.9. The monoisotopic (exact) mass is 358 g/mol. The zero-order valence-electron chi connectivity index (χ0n) is 9.15. The van der Waals surface area contributed by atoms with E-state index in [2.05, 4.69) is 27.9 Å². The normalized spacial score (nSPS) is 11.5. The number of nitrogens with two attached hydrogens (primary N) is 1. The molecule has 0 aliphatic heterocycles. The molecule has 0 saturated heterocycles. The number of hydrogen-bond donors (Lipinski definition) is 2. The minimum atomic E-state index is -4.05. The van der Waals surface area contributed by atoms with E-state index < -0.39 is 12.6 Å². The van der Waals surface area contributed by atoms with Gasteiger partial charge in [-0.25, -0.2) is 0 Å². The molecule has 0 fully saturated rings. The first-order valence-corrected chi connectivity index (χ1v) is 6.32. The summed E-state index contributed by atoms with van der Waals surface area (Å²) in [5.41, 5.74) is 7.18. The molecule has 0 amide bonds. The molecular formula is C11H14F3IN2. The largest absolute Gasteiger partial charge is 0.399 e. The summed E-state index contributed by atoms with van der Waals surface area (Å²) in [7, 11) is 0. The summed E-state index contributed by atoms with van der Waals surface area (Å²) in [5.74, 6) is 0. The second-order valence-corrected chi connectivity index (χ2v) is 4.90. The van der Waals surface area contributed by atoms with Gasteiger partial charge in [0.05, 0.1) is 0 Å². The third kappa shape index (κ3) is 5.99. The lowest BCUT2D eigenvalue weighted by atomic mass is 10.2. The average Bonchev–Trinajstić information content (AvgIpc) is 2.18. The Labute approximate surface area is 112 Å². The van der Waals surface area contributed by atoms with Gasteiger partial charge in [0.2, 0.25) is 0 Å². The fourth-order valence-electron chi connectivity index (χ4n) is 1.35. The maximum Gasteiger partial charge on any atom is 0.389 e. The number of anilines is 2. The van der Waals surface area contributed by atoms with Crippen LogP contribution < -0.4 is 11.1 Å². The number of nitrogen functional groups attached to an aromatic ring is 1. The smallest absolute Gasteiger partial charge is 0.389 e. The molecule has 0 spiro atoms. The van der Waals surface area contributed by atoms with Crippen molar-refractivity contribution in [1.29, 1.82) is 0 Å². The SMILES string of the molecule is Nc1ccc(NCCCCC(F)(F)F)c(I)c1. The number of hydrogen-bond acceptors (Lipinski definition) is 2. The first-order chi connectivity index (χ1) is 7.88. The molecule has 1 aromatic rings. The topological polar surface area (TPSA) is 38.0 Å². The Morgan fingerprint density at radius 2 is 1.94 bits per heavy atom. The highest BCUT2D eigenvalue weighted by Crippen LogP contribution is 2.23. The Balaban J connectivity index is 2.27. The molecule has 0 saturated carbocycles. The Morgan fingerprint density at radius 3 is 2.53 bits per heavy atom. The quantitative estimate of drug-likeness (QED) is 0.474. The van der Waals surface area contributed by atoms with E-state index in [1.54, 1.807) is 6.07 Å². The molecule has 0 aliphatic rings. The molecule has 0 radical (unpaired) electrons. The highest BCUT2D eigenvalue weighted by molar-refractivity contribution is 14.1. The number of alkyl halides is 3. The highest BCUT2D eigenvalue weighted by atomic mass is 127. The Hall–Kier alpha value is -0.660. The molecular weight excluding hydrogens is 344 g/mol. The van der Waals surface area contributed by atoms with E-state index in [9.17, 15) is 13.2 Å². The van der Waals surface area contributed by atoms with Gasteiger partial charge in [-0.15, -0.1) is 0 Å². The number of rotatable bonds is 5. The summed E-state index contributed by atoms with van der Waals surface area (Å²) in [5, 5.41) is 3.10. The Bertz CT molecular complexity index is 366. The van der Waals surface area contributed by atoms with Gasteiger partial charge in [0.15, 0.2) is 0 Å². The standard InChI is InChI=1S/C11H14F3IN2/c12-11(13,14)5-1-2-6-17-10-4-3-8(16)7-9(10)15/h3-4,7,17H,1-2,5-6,16H2. The van der Waals surface area contributed by atoms with Crippen LogP contribution in [0.2, 0.25) is 0 Å². The first kappa shape index (κ1) is 14.4. The summed E-state index contributed by atoms with van der Waals surface area (Å²) in [4.78, 5) is 0. The summed E-state index contributed by atoms with van der Waals surface area (Å²) in [6, 6.07) is 5.42. The number of nitrogens with one attached hydrogen (secondary N) is 1. The van der Waals surface area contributed by atoms with E-state index >= 15 is 0 Å². The molecule has 0 heterocycles.